The van der Waals surface area contributed by atoms with Crippen molar-refractivity contribution in [3.8, 4) is 0 Å². The summed E-state index contributed by atoms with van der Waals surface area (Å²) in [5.74, 6) is 0. The number of hydrogen-bond donors (Lipinski definition) is 0. The lowest BCUT2D eigenvalue weighted by Crippen LogP contribution is -2.45. The molecule has 0 aliphatic carbocycles. The van der Waals surface area contributed by atoms with E-state index in [0.717, 1.165) is 29.2 Å². The zero-order valence-corrected chi connectivity index (χ0v) is 21.7. The van der Waals surface area contributed by atoms with Crippen LogP contribution in [0.4, 0.5) is 0 Å². The molecule has 0 saturated carbocycles. The van der Waals surface area contributed by atoms with Crippen molar-refractivity contribution < 1.29 is 23.3 Å². The highest BCUT2D eigenvalue weighted by molar-refractivity contribution is 6.65. The third-order valence-corrected chi connectivity index (χ3v) is 7.87. The highest BCUT2D eigenvalue weighted by Crippen LogP contribution is 2.42. The predicted octanol–water partition coefficient (Wildman–Crippen LogP) is 4.94. The molecular formula is C24H34B2ClNO5. The average molecular weight is 474 g/mol. The minimum absolute atomic E-state index is 0.0736. The Morgan fingerprint density at radius 2 is 1.61 bits per heavy atom. The van der Waals surface area contributed by atoms with Crippen molar-refractivity contribution in [2.24, 2.45) is 0 Å². The van der Waals surface area contributed by atoms with Crippen LogP contribution < -0.4 is 5.46 Å². The predicted molar refractivity (Wildman–Crippen MR) is 133 cm³/mol. The minimum atomic E-state index is -0.674. The van der Waals surface area contributed by atoms with Gasteiger partial charge in [0.15, 0.2) is 0 Å². The standard InChI is InChI=1S/C24H34B2ClNO5/c1-16(29-26-31-21(2,3)22(4,5)32-26)11-13-24(8)23(6,7)30-25(33-24)19-12-14-28-20-10-9-17(27)15-18(19)20/h9-10,12,14-16H,11,13H2,1-8H3. The fourth-order valence-corrected chi connectivity index (χ4v) is 4.38. The van der Waals surface area contributed by atoms with Crippen molar-refractivity contribution in [2.45, 2.75) is 96.7 Å². The van der Waals surface area contributed by atoms with Crippen molar-refractivity contribution in [1.82, 2.24) is 4.98 Å². The molecule has 2 atom stereocenters. The van der Waals surface area contributed by atoms with E-state index in [2.05, 4.69) is 25.8 Å². The number of nitrogens with zero attached hydrogens (tertiary/aromatic N) is 1. The molecule has 2 fully saturated rings. The van der Waals surface area contributed by atoms with Crippen LogP contribution in [0, 0.1) is 0 Å². The Bertz CT molecular complexity index is 1020. The topological polar surface area (TPSA) is 59.0 Å². The maximum atomic E-state index is 6.57. The molecule has 33 heavy (non-hydrogen) atoms. The Morgan fingerprint density at radius 3 is 2.27 bits per heavy atom. The minimum Gasteiger partial charge on any atom is -0.399 e. The molecule has 1 aromatic heterocycles. The molecule has 2 unspecified atom stereocenters. The maximum Gasteiger partial charge on any atom is 0.640 e. The van der Waals surface area contributed by atoms with Gasteiger partial charge in [-0.05, 0) is 98.0 Å². The first-order chi connectivity index (χ1) is 15.2. The number of hydrogen-bond acceptors (Lipinski definition) is 6. The monoisotopic (exact) mass is 473 g/mol. The van der Waals surface area contributed by atoms with Crippen molar-refractivity contribution in [2.75, 3.05) is 0 Å². The molecule has 2 aliphatic heterocycles. The van der Waals surface area contributed by atoms with E-state index in [-0.39, 0.29) is 6.10 Å². The zero-order valence-electron chi connectivity index (χ0n) is 20.9. The number of pyridine rings is 1. The summed E-state index contributed by atoms with van der Waals surface area (Å²) in [7, 11) is -1.18. The number of rotatable bonds is 6. The summed E-state index contributed by atoms with van der Waals surface area (Å²) in [6, 6.07) is 7.60. The molecule has 178 valence electrons. The van der Waals surface area contributed by atoms with Crippen LogP contribution in [-0.2, 0) is 23.3 Å². The molecule has 3 heterocycles. The van der Waals surface area contributed by atoms with Crippen LogP contribution >= 0.6 is 11.6 Å². The summed E-state index contributed by atoms with van der Waals surface area (Å²) in [5, 5.41) is 1.60. The Morgan fingerprint density at radius 1 is 0.939 bits per heavy atom. The van der Waals surface area contributed by atoms with Gasteiger partial charge in [0.1, 0.15) is 0 Å². The first-order valence-corrected chi connectivity index (χ1v) is 12.0. The van der Waals surface area contributed by atoms with E-state index < -0.39 is 36.8 Å². The lowest BCUT2D eigenvalue weighted by Gasteiger charge is -2.37. The normalized spacial score (nSPS) is 26.8. The van der Waals surface area contributed by atoms with Crippen LogP contribution in [0.15, 0.2) is 30.5 Å². The van der Waals surface area contributed by atoms with Gasteiger partial charge in [0.05, 0.1) is 27.9 Å². The zero-order chi connectivity index (χ0) is 24.2. The maximum absolute atomic E-state index is 6.57. The number of fused-ring (bicyclic) bond motifs is 1. The lowest BCUT2D eigenvalue weighted by atomic mass is 9.77. The quantitative estimate of drug-likeness (QED) is 0.554. The molecule has 0 N–H and O–H groups in total. The van der Waals surface area contributed by atoms with E-state index in [9.17, 15) is 0 Å². The third-order valence-electron chi connectivity index (χ3n) is 7.64. The van der Waals surface area contributed by atoms with Gasteiger partial charge in [-0.15, -0.1) is 0 Å². The summed E-state index contributed by atoms with van der Waals surface area (Å²) in [5.41, 5.74) is -0.0651. The molecule has 2 aromatic rings. The molecule has 1 aromatic carbocycles. The van der Waals surface area contributed by atoms with Gasteiger partial charge in [0.2, 0.25) is 0 Å². The highest BCUT2D eigenvalue weighted by atomic mass is 35.5. The summed E-state index contributed by atoms with van der Waals surface area (Å²) in [4.78, 5) is 4.45. The van der Waals surface area contributed by atoms with Crippen LogP contribution in [0.1, 0.15) is 68.2 Å². The van der Waals surface area contributed by atoms with E-state index >= 15 is 0 Å². The Hall–Kier alpha value is -1.15. The van der Waals surface area contributed by atoms with Crippen LogP contribution in [-0.4, -0.2) is 47.9 Å². The Balaban J connectivity index is 1.44. The van der Waals surface area contributed by atoms with Gasteiger partial charge in [-0.25, -0.2) is 0 Å². The van der Waals surface area contributed by atoms with Gasteiger partial charge < -0.3 is 23.3 Å². The lowest BCUT2D eigenvalue weighted by molar-refractivity contribution is -0.0248. The second-order valence-corrected chi connectivity index (χ2v) is 11.3. The molecule has 4 rings (SSSR count). The number of halogens is 1. The Labute approximate surface area is 202 Å². The molecule has 0 spiro atoms. The summed E-state index contributed by atoms with van der Waals surface area (Å²) in [6.45, 7) is 16.4. The average Bonchev–Trinajstić information content (AvgIpc) is 3.06. The Kier molecular flexibility index (Phi) is 6.43. The molecule has 0 bridgehead atoms. The van der Waals surface area contributed by atoms with E-state index in [4.69, 9.17) is 34.9 Å². The van der Waals surface area contributed by atoms with E-state index in [1.54, 1.807) is 6.20 Å². The molecule has 6 nitrogen and oxygen atoms in total. The number of benzene rings is 1. The van der Waals surface area contributed by atoms with E-state index in [1.165, 1.54) is 0 Å². The van der Waals surface area contributed by atoms with E-state index in [0.29, 0.717) is 5.02 Å². The molecule has 0 radical (unpaired) electrons. The van der Waals surface area contributed by atoms with Crippen LogP contribution in [0.2, 0.25) is 5.02 Å². The van der Waals surface area contributed by atoms with Crippen molar-refractivity contribution in [3.63, 3.8) is 0 Å². The van der Waals surface area contributed by atoms with Gasteiger partial charge in [-0.2, -0.15) is 0 Å². The van der Waals surface area contributed by atoms with Crippen LogP contribution in [0.25, 0.3) is 10.9 Å². The first-order valence-electron chi connectivity index (χ1n) is 11.6. The van der Waals surface area contributed by atoms with Gasteiger partial charge in [0, 0.05) is 22.7 Å². The van der Waals surface area contributed by atoms with Gasteiger partial charge in [-0.1, -0.05) is 11.6 Å². The smallest absolute Gasteiger partial charge is 0.399 e. The van der Waals surface area contributed by atoms with E-state index in [1.807, 2.05) is 58.9 Å². The van der Waals surface area contributed by atoms with Crippen LogP contribution in [0.3, 0.4) is 0 Å². The first kappa shape index (κ1) is 25.0. The highest BCUT2D eigenvalue weighted by Gasteiger charge is 2.56. The second kappa shape index (κ2) is 8.51. The SMILES string of the molecule is CC(CCC1(C)OB(c2ccnc3ccc(Cl)cc23)OC1(C)C)OB1OC(C)(C)C(C)(C)O1. The van der Waals surface area contributed by atoms with Crippen molar-refractivity contribution in [1.29, 1.82) is 0 Å². The largest absolute Gasteiger partial charge is 0.640 e. The van der Waals surface area contributed by atoms with Crippen molar-refractivity contribution in [3.05, 3.63) is 35.5 Å². The fraction of sp³-hybridized carbons (Fsp3) is 0.625. The van der Waals surface area contributed by atoms with Crippen molar-refractivity contribution >= 4 is 42.4 Å². The molecule has 2 aliphatic rings. The molecule has 0 amide bonds. The summed E-state index contributed by atoms with van der Waals surface area (Å²) >= 11 is 6.26. The van der Waals surface area contributed by atoms with Crippen LogP contribution in [0.5, 0.6) is 0 Å². The van der Waals surface area contributed by atoms with Gasteiger partial charge in [0.25, 0.3) is 0 Å². The molecule has 2 saturated heterocycles. The van der Waals surface area contributed by atoms with Gasteiger partial charge in [-0.3, -0.25) is 4.98 Å². The second-order valence-electron chi connectivity index (χ2n) is 10.9. The summed E-state index contributed by atoms with van der Waals surface area (Å²) in [6.07, 6.45) is 3.22. The third kappa shape index (κ3) is 4.71. The summed E-state index contributed by atoms with van der Waals surface area (Å²) < 4.78 is 31.0. The number of aromatic nitrogens is 1. The molecule has 9 heteroatoms. The fourth-order valence-electron chi connectivity index (χ4n) is 4.21. The van der Waals surface area contributed by atoms with Gasteiger partial charge >= 0.3 is 14.4 Å². The molecular weight excluding hydrogens is 439 g/mol.